The van der Waals surface area contributed by atoms with Crippen LogP contribution in [0.25, 0.3) is 0 Å². The van der Waals surface area contributed by atoms with Gasteiger partial charge in [-0.25, -0.2) is 18.2 Å². The lowest BCUT2D eigenvalue weighted by Gasteiger charge is -2.35. The number of ether oxygens (including phenoxy) is 2. The monoisotopic (exact) mass is 356 g/mol. The topological polar surface area (TPSA) is 84.9 Å². The molecule has 0 radical (unpaired) electrons. The Labute approximate surface area is 142 Å². The molecule has 134 valence electrons. The summed E-state index contributed by atoms with van der Waals surface area (Å²) in [6.45, 7) is 2.78. The number of esters is 1. The summed E-state index contributed by atoms with van der Waals surface area (Å²) in [6.07, 6.45) is 0.396. The van der Waals surface area contributed by atoms with Crippen molar-refractivity contribution in [2.75, 3.05) is 27.3 Å². The molecule has 0 aromatic heterocycles. The quantitative estimate of drug-likeness (QED) is 0.729. The molecular weight excluding hydrogens is 332 g/mol. The summed E-state index contributed by atoms with van der Waals surface area (Å²) < 4.78 is 36.9. The number of methoxy groups -OCH3 is 2. The first-order valence-corrected chi connectivity index (χ1v) is 9.34. The van der Waals surface area contributed by atoms with Crippen molar-refractivity contribution in [3.05, 3.63) is 30.3 Å². The Morgan fingerprint density at radius 2 is 2.00 bits per heavy atom. The Balaban J connectivity index is 2.58. The number of hydrazine groups is 1. The zero-order chi connectivity index (χ0) is 17.8. The third-order valence-electron chi connectivity index (χ3n) is 4.21. The molecule has 8 heteroatoms. The zero-order valence-electron chi connectivity index (χ0n) is 14.2. The van der Waals surface area contributed by atoms with Crippen LogP contribution >= 0.6 is 0 Å². The lowest BCUT2D eigenvalue weighted by molar-refractivity contribution is -0.149. The second kappa shape index (κ2) is 7.60. The van der Waals surface area contributed by atoms with E-state index in [2.05, 4.69) is 5.43 Å². The molecule has 1 aromatic carbocycles. The van der Waals surface area contributed by atoms with Crippen LogP contribution in [0.3, 0.4) is 0 Å². The van der Waals surface area contributed by atoms with Gasteiger partial charge in [-0.1, -0.05) is 25.1 Å². The predicted molar refractivity (Wildman–Crippen MR) is 88.8 cm³/mol. The highest BCUT2D eigenvalue weighted by molar-refractivity contribution is 7.93. The number of carbonyl (C=O) groups excluding carboxylic acids is 1. The lowest BCUT2D eigenvalue weighted by Crippen LogP contribution is -2.61. The van der Waals surface area contributed by atoms with E-state index < -0.39 is 26.8 Å². The van der Waals surface area contributed by atoms with Crippen LogP contribution in [0.15, 0.2) is 35.2 Å². The zero-order valence-corrected chi connectivity index (χ0v) is 15.0. The van der Waals surface area contributed by atoms with Crippen LogP contribution in [0.1, 0.15) is 19.8 Å². The Bertz CT molecular complexity index is 664. The number of sulfone groups is 1. The fraction of sp³-hybridized carbons (Fsp3) is 0.562. The van der Waals surface area contributed by atoms with E-state index in [0.29, 0.717) is 6.54 Å². The number of nitrogens with zero attached hydrogens (tertiary/aromatic N) is 1. The molecule has 0 spiro atoms. The molecular formula is C16H24N2O5S. The molecule has 24 heavy (non-hydrogen) atoms. The van der Waals surface area contributed by atoms with E-state index in [1.807, 2.05) is 6.92 Å². The molecule has 0 unspecified atom stereocenters. The first-order valence-electron chi connectivity index (χ1n) is 7.86. The van der Waals surface area contributed by atoms with Gasteiger partial charge in [-0.05, 0) is 18.6 Å². The summed E-state index contributed by atoms with van der Waals surface area (Å²) in [4.78, 5) is 10.9. The molecule has 1 fully saturated rings. The smallest absolute Gasteiger partial charge is 0.343 e. The number of rotatable bonds is 7. The van der Waals surface area contributed by atoms with E-state index in [9.17, 15) is 13.2 Å². The van der Waals surface area contributed by atoms with E-state index in [-0.39, 0.29) is 17.9 Å². The van der Waals surface area contributed by atoms with Crippen molar-refractivity contribution in [3.8, 4) is 0 Å². The minimum absolute atomic E-state index is 0.00408. The molecule has 0 amide bonds. The maximum absolute atomic E-state index is 13.4. The standard InChI is InChI=1S/C16H24N2O5S/c1-4-10-17-18-12-13(22-2)11-16(18,15(19)23-3)24(20,21)14-8-6-5-7-9-14/h5-9,13,17H,4,10-12H2,1-3H3/t13-,16+/m0/s1. The molecule has 7 nitrogen and oxygen atoms in total. The summed E-state index contributed by atoms with van der Waals surface area (Å²) >= 11 is 0. The van der Waals surface area contributed by atoms with Crippen molar-refractivity contribution in [1.82, 2.24) is 10.4 Å². The third-order valence-corrected chi connectivity index (χ3v) is 6.55. The summed E-state index contributed by atoms with van der Waals surface area (Å²) in [6, 6.07) is 7.95. The molecule has 2 atom stereocenters. The van der Waals surface area contributed by atoms with Gasteiger partial charge in [-0.2, -0.15) is 0 Å². The fourth-order valence-electron chi connectivity index (χ4n) is 2.94. The van der Waals surface area contributed by atoms with Gasteiger partial charge in [-0.15, -0.1) is 0 Å². The van der Waals surface area contributed by atoms with Crippen molar-refractivity contribution in [2.24, 2.45) is 0 Å². The van der Waals surface area contributed by atoms with Crippen LogP contribution in [-0.2, 0) is 24.1 Å². The fourth-order valence-corrected chi connectivity index (χ4v) is 4.99. The number of hydrogen-bond acceptors (Lipinski definition) is 7. The summed E-state index contributed by atoms with van der Waals surface area (Å²) in [5.41, 5.74) is 3.05. The van der Waals surface area contributed by atoms with Gasteiger partial charge in [0.25, 0.3) is 0 Å². The molecule has 1 aliphatic rings. The molecule has 1 saturated heterocycles. The van der Waals surface area contributed by atoms with Crippen LogP contribution in [0.2, 0.25) is 0 Å². The summed E-state index contributed by atoms with van der Waals surface area (Å²) in [5, 5.41) is 1.46. The molecule has 1 aliphatic heterocycles. The number of nitrogens with one attached hydrogen (secondary N) is 1. The summed E-state index contributed by atoms with van der Waals surface area (Å²) in [7, 11) is -1.32. The van der Waals surface area contributed by atoms with Crippen LogP contribution < -0.4 is 5.43 Å². The van der Waals surface area contributed by atoms with Gasteiger partial charge in [0.2, 0.25) is 14.7 Å². The molecule has 1 aromatic rings. The van der Waals surface area contributed by atoms with Gasteiger partial charge in [0, 0.05) is 26.6 Å². The number of carbonyl (C=O) groups is 1. The molecule has 0 saturated carbocycles. The predicted octanol–water partition coefficient (Wildman–Crippen LogP) is 0.965. The first-order chi connectivity index (χ1) is 11.4. The highest BCUT2D eigenvalue weighted by Gasteiger charge is 2.62. The molecule has 0 bridgehead atoms. The molecule has 1 heterocycles. The highest BCUT2D eigenvalue weighted by atomic mass is 32.2. The minimum atomic E-state index is -4.03. The van der Waals surface area contributed by atoms with Gasteiger partial charge >= 0.3 is 5.97 Å². The van der Waals surface area contributed by atoms with Crippen molar-refractivity contribution in [2.45, 2.75) is 35.6 Å². The second-order valence-electron chi connectivity index (χ2n) is 5.67. The third kappa shape index (κ3) is 3.06. The SMILES string of the molecule is CCCNN1C[C@@H](OC)C[C@]1(C(=O)OC)S(=O)(=O)c1ccccc1. The number of benzene rings is 1. The van der Waals surface area contributed by atoms with Crippen LogP contribution in [0.5, 0.6) is 0 Å². The Morgan fingerprint density at radius 1 is 1.33 bits per heavy atom. The van der Waals surface area contributed by atoms with Crippen molar-refractivity contribution < 1.29 is 22.7 Å². The van der Waals surface area contributed by atoms with E-state index in [1.165, 1.54) is 31.4 Å². The Morgan fingerprint density at radius 3 is 2.54 bits per heavy atom. The van der Waals surface area contributed by atoms with E-state index in [1.54, 1.807) is 18.2 Å². The van der Waals surface area contributed by atoms with Gasteiger partial charge in [0.15, 0.2) is 0 Å². The molecule has 0 aliphatic carbocycles. The average Bonchev–Trinajstić information content (AvgIpc) is 3.00. The van der Waals surface area contributed by atoms with Gasteiger partial charge in [0.1, 0.15) is 0 Å². The Kier molecular flexibility index (Phi) is 5.97. The molecule has 2 rings (SSSR count). The maximum atomic E-state index is 13.4. The summed E-state index contributed by atoms with van der Waals surface area (Å²) in [5.74, 6) is -0.811. The Hall–Kier alpha value is -1.48. The molecule has 1 N–H and O–H groups in total. The van der Waals surface area contributed by atoms with Crippen molar-refractivity contribution >= 4 is 15.8 Å². The van der Waals surface area contributed by atoms with E-state index >= 15 is 0 Å². The van der Waals surface area contributed by atoms with E-state index in [4.69, 9.17) is 9.47 Å². The largest absolute Gasteiger partial charge is 0.467 e. The van der Waals surface area contributed by atoms with Gasteiger partial charge < -0.3 is 9.47 Å². The van der Waals surface area contributed by atoms with Crippen LogP contribution in [-0.4, -0.2) is 57.7 Å². The van der Waals surface area contributed by atoms with Crippen molar-refractivity contribution in [3.63, 3.8) is 0 Å². The normalized spacial score (nSPS) is 24.9. The average molecular weight is 356 g/mol. The highest BCUT2D eigenvalue weighted by Crippen LogP contribution is 2.39. The maximum Gasteiger partial charge on any atom is 0.343 e. The van der Waals surface area contributed by atoms with Gasteiger partial charge in [0.05, 0.1) is 18.1 Å². The van der Waals surface area contributed by atoms with Gasteiger partial charge in [-0.3, -0.25) is 5.43 Å². The van der Waals surface area contributed by atoms with Crippen LogP contribution in [0.4, 0.5) is 0 Å². The second-order valence-corrected chi connectivity index (χ2v) is 7.83. The van der Waals surface area contributed by atoms with Crippen molar-refractivity contribution in [1.29, 1.82) is 0 Å². The van der Waals surface area contributed by atoms with Crippen LogP contribution in [0, 0.1) is 0 Å². The van der Waals surface area contributed by atoms with E-state index in [0.717, 1.165) is 6.42 Å². The number of hydrogen-bond donors (Lipinski definition) is 1. The lowest BCUT2D eigenvalue weighted by atomic mass is 10.2. The first kappa shape index (κ1) is 18.9. The minimum Gasteiger partial charge on any atom is -0.467 e.